The summed E-state index contributed by atoms with van der Waals surface area (Å²) in [5.74, 6) is 0.535. The molecule has 126 valence electrons. The third-order valence-electron chi connectivity index (χ3n) is 3.23. The molecule has 6 heteroatoms. The summed E-state index contributed by atoms with van der Waals surface area (Å²) in [6, 6.07) is 13.0. The molecule has 0 atom stereocenters. The first-order valence-electron chi connectivity index (χ1n) is 7.61. The van der Waals surface area contributed by atoms with Crippen LogP contribution in [0.4, 0.5) is 5.69 Å². The lowest BCUT2D eigenvalue weighted by molar-refractivity contribution is 0.0977. The molecule has 0 heterocycles. The Labute approximate surface area is 161 Å². The Hall–Kier alpha value is -1.67. The van der Waals surface area contributed by atoms with Crippen LogP contribution >= 0.6 is 34.8 Å². The zero-order chi connectivity index (χ0) is 17.5. The van der Waals surface area contributed by atoms with Gasteiger partial charge in [0.1, 0.15) is 5.75 Å². The van der Waals surface area contributed by atoms with E-state index < -0.39 is 0 Å². The maximum absolute atomic E-state index is 12.3. The van der Waals surface area contributed by atoms with Gasteiger partial charge < -0.3 is 10.1 Å². The van der Waals surface area contributed by atoms with E-state index in [-0.39, 0.29) is 11.0 Å². The number of aryl methyl sites for hydroxylation is 1. The topological polar surface area (TPSA) is 50.4 Å². The van der Waals surface area contributed by atoms with Crippen molar-refractivity contribution in [1.29, 1.82) is 0 Å². The van der Waals surface area contributed by atoms with Crippen LogP contribution in [0.15, 0.2) is 42.5 Å². The van der Waals surface area contributed by atoms with Gasteiger partial charge in [-0.2, -0.15) is 0 Å². The molecule has 0 aliphatic heterocycles. The summed E-state index contributed by atoms with van der Waals surface area (Å²) in [5, 5.41) is 5.95. The average Bonchev–Trinajstić information content (AvgIpc) is 2.55. The maximum Gasteiger partial charge on any atom is 0.257 e. The predicted octanol–water partition coefficient (Wildman–Crippen LogP) is 4.52. The zero-order valence-corrected chi connectivity index (χ0v) is 16.5. The second kappa shape index (κ2) is 8.98. The van der Waals surface area contributed by atoms with Crippen molar-refractivity contribution >= 4 is 51.5 Å². The van der Waals surface area contributed by atoms with Crippen LogP contribution in [0, 0.1) is 10.5 Å². The van der Waals surface area contributed by atoms with Crippen LogP contribution in [0.25, 0.3) is 0 Å². The lowest BCUT2D eigenvalue weighted by atomic mass is 10.1. The Morgan fingerprint density at radius 3 is 2.75 bits per heavy atom. The molecule has 0 aliphatic carbocycles. The minimum Gasteiger partial charge on any atom is -0.494 e. The quantitative estimate of drug-likeness (QED) is 0.516. The Morgan fingerprint density at radius 1 is 1.25 bits per heavy atom. The van der Waals surface area contributed by atoms with E-state index in [0.29, 0.717) is 12.2 Å². The molecule has 0 aliphatic rings. The van der Waals surface area contributed by atoms with Gasteiger partial charge in [0.25, 0.3) is 5.91 Å². The van der Waals surface area contributed by atoms with E-state index in [1.54, 1.807) is 6.07 Å². The highest BCUT2D eigenvalue weighted by atomic mass is 127. The molecular weight excluding hydrogens is 435 g/mol. The molecule has 2 aromatic carbocycles. The van der Waals surface area contributed by atoms with E-state index in [1.165, 1.54) is 0 Å². The van der Waals surface area contributed by atoms with Crippen LogP contribution in [-0.4, -0.2) is 17.6 Å². The number of carbonyl (C=O) groups is 1. The molecule has 0 aromatic heterocycles. The average molecular weight is 454 g/mol. The van der Waals surface area contributed by atoms with Gasteiger partial charge in [-0.1, -0.05) is 19.1 Å². The van der Waals surface area contributed by atoms with Crippen molar-refractivity contribution in [1.82, 2.24) is 5.32 Å². The number of amides is 1. The molecular formula is C18H19IN2O2S. The van der Waals surface area contributed by atoms with E-state index in [0.717, 1.165) is 27.0 Å². The molecule has 0 spiro atoms. The summed E-state index contributed by atoms with van der Waals surface area (Å²) in [6.45, 7) is 4.72. The lowest BCUT2D eigenvalue weighted by Crippen LogP contribution is -2.34. The number of thiocarbonyl (C=S) groups is 1. The number of hydrogen-bond acceptors (Lipinski definition) is 3. The summed E-state index contributed by atoms with van der Waals surface area (Å²) in [7, 11) is 0. The van der Waals surface area contributed by atoms with E-state index in [9.17, 15) is 4.79 Å². The fraction of sp³-hybridized carbons (Fsp3) is 0.222. The highest BCUT2D eigenvalue weighted by Gasteiger charge is 2.09. The molecule has 2 aromatic rings. The van der Waals surface area contributed by atoms with Crippen LogP contribution in [0.1, 0.15) is 29.3 Å². The van der Waals surface area contributed by atoms with Crippen molar-refractivity contribution in [2.45, 2.75) is 20.3 Å². The first-order valence-corrected chi connectivity index (χ1v) is 9.09. The Morgan fingerprint density at radius 2 is 2.04 bits per heavy atom. The Balaban J connectivity index is 1.97. The molecule has 0 fully saturated rings. The van der Waals surface area contributed by atoms with Crippen molar-refractivity contribution in [3.05, 3.63) is 57.2 Å². The van der Waals surface area contributed by atoms with Crippen molar-refractivity contribution in [3.8, 4) is 5.75 Å². The smallest absolute Gasteiger partial charge is 0.257 e. The standard InChI is InChI=1S/C18H19IN2O2S/c1-3-9-23-15-6-4-5-14(11-15)20-18(24)21-17(22)13-8-7-12(2)16(19)10-13/h4-8,10-11H,3,9H2,1-2H3,(H2,20,21,22,24). The number of rotatable bonds is 5. The summed E-state index contributed by atoms with van der Waals surface area (Å²) < 4.78 is 6.62. The number of nitrogens with one attached hydrogen (secondary N) is 2. The molecule has 0 saturated carbocycles. The first-order chi connectivity index (χ1) is 11.5. The van der Waals surface area contributed by atoms with Gasteiger partial charge in [-0.15, -0.1) is 0 Å². The van der Waals surface area contributed by atoms with Gasteiger partial charge in [0.2, 0.25) is 0 Å². The first kappa shape index (κ1) is 18.7. The second-order valence-corrected chi connectivity index (χ2v) is 6.82. The summed E-state index contributed by atoms with van der Waals surface area (Å²) in [6.07, 6.45) is 0.946. The molecule has 4 nitrogen and oxygen atoms in total. The molecule has 0 radical (unpaired) electrons. The fourth-order valence-corrected chi connectivity index (χ4v) is 2.68. The maximum atomic E-state index is 12.3. The summed E-state index contributed by atoms with van der Waals surface area (Å²) >= 11 is 7.42. The largest absolute Gasteiger partial charge is 0.494 e. The highest BCUT2D eigenvalue weighted by Crippen LogP contribution is 2.17. The van der Waals surface area contributed by atoms with Crippen molar-refractivity contribution in [2.24, 2.45) is 0 Å². The monoisotopic (exact) mass is 454 g/mol. The van der Waals surface area contributed by atoms with Crippen molar-refractivity contribution < 1.29 is 9.53 Å². The molecule has 24 heavy (non-hydrogen) atoms. The van der Waals surface area contributed by atoms with Crippen LogP contribution < -0.4 is 15.4 Å². The van der Waals surface area contributed by atoms with Gasteiger partial charge in [0.05, 0.1) is 6.61 Å². The van der Waals surface area contributed by atoms with Gasteiger partial charge in [-0.3, -0.25) is 10.1 Å². The third-order valence-corrected chi connectivity index (χ3v) is 4.59. The normalized spacial score (nSPS) is 10.1. The number of hydrogen-bond donors (Lipinski definition) is 2. The number of halogens is 1. The molecule has 0 unspecified atom stereocenters. The van der Waals surface area contributed by atoms with Crippen LogP contribution in [0.2, 0.25) is 0 Å². The number of carbonyl (C=O) groups excluding carboxylic acids is 1. The fourth-order valence-electron chi connectivity index (χ4n) is 1.96. The molecule has 1 amide bonds. The van der Waals surface area contributed by atoms with Crippen LogP contribution in [0.5, 0.6) is 5.75 Å². The number of anilines is 1. The van der Waals surface area contributed by atoms with Gasteiger partial charge >= 0.3 is 0 Å². The van der Waals surface area contributed by atoms with E-state index >= 15 is 0 Å². The Kier molecular flexibility index (Phi) is 6.99. The minimum atomic E-state index is -0.233. The highest BCUT2D eigenvalue weighted by molar-refractivity contribution is 14.1. The number of benzene rings is 2. The van der Waals surface area contributed by atoms with Crippen LogP contribution in [-0.2, 0) is 0 Å². The van der Waals surface area contributed by atoms with E-state index in [4.69, 9.17) is 17.0 Å². The van der Waals surface area contributed by atoms with Gasteiger partial charge in [0, 0.05) is 20.9 Å². The van der Waals surface area contributed by atoms with Crippen molar-refractivity contribution in [2.75, 3.05) is 11.9 Å². The molecule has 0 bridgehead atoms. The van der Waals surface area contributed by atoms with E-state index in [1.807, 2.05) is 43.3 Å². The second-order valence-electron chi connectivity index (χ2n) is 5.25. The van der Waals surface area contributed by atoms with Crippen molar-refractivity contribution in [3.63, 3.8) is 0 Å². The van der Waals surface area contributed by atoms with E-state index in [2.05, 4.69) is 40.1 Å². The summed E-state index contributed by atoms with van der Waals surface area (Å²) in [4.78, 5) is 12.3. The van der Waals surface area contributed by atoms with Gasteiger partial charge in [0.15, 0.2) is 5.11 Å². The lowest BCUT2D eigenvalue weighted by Gasteiger charge is -2.11. The zero-order valence-electron chi connectivity index (χ0n) is 13.6. The summed E-state index contributed by atoms with van der Waals surface area (Å²) in [5.41, 5.74) is 2.48. The predicted molar refractivity (Wildman–Crippen MR) is 110 cm³/mol. The van der Waals surface area contributed by atoms with Crippen LogP contribution in [0.3, 0.4) is 0 Å². The minimum absolute atomic E-state index is 0.233. The number of ether oxygens (including phenoxy) is 1. The van der Waals surface area contributed by atoms with Gasteiger partial charge in [-0.05, 0) is 78.0 Å². The SMILES string of the molecule is CCCOc1cccc(NC(=S)NC(=O)c2ccc(C)c(I)c2)c1. The third kappa shape index (κ3) is 5.45. The Bertz CT molecular complexity index is 750. The molecule has 2 rings (SSSR count). The molecule has 0 saturated heterocycles. The molecule has 2 N–H and O–H groups in total. The van der Waals surface area contributed by atoms with Gasteiger partial charge in [-0.25, -0.2) is 0 Å².